The maximum atomic E-state index is 6.09. The standard InChI is InChI=1S/C11H24O2Si/c1-11(2,3)14(4,5)13-9-10-7-6-8-12-10/h10H,6-9H2,1-5H3. The van der Waals surface area contributed by atoms with Gasteiger partial charge in [0.25, 0.3) is 0 Å². The molecule has 0 aromatic carbocycles. The van der Waals surface area contributed by atoms with E-state index in [1.54, 1.807) is 0 Å². The maximum absolute atomic E-state index is 6.09. The van der Waals surface area contributed by atoms with Crippen molar-refractivity contribution in [1.29, 1.82) is 0 Å². The Balaban J connectivity index is 2.35. The first-order chi connectivity index (χ1) is 6.33. The van der Waals surface area contributed by atoms with Crippen LogP contribution in [0.1, 0.15) is 33.6 Å². The number of hydrogen-bond acceptors (Lipinski definition) is 2. The van der Waals surface area contributed by atoms with Crippen LogP contribution in [0.25, 0.3) is 0 Å². The molecule has 1 rings (SSSR count). The van der Waals surface area contributed by atoms with E-state index in [4.69, 9.17) is 9.16 Å². The van der Waals surface area contributed by atoms with Gasteiger partial charge in [-0.05, 0) is 31.0 Å². The van der Waals surface area contributed by atoms with Crippen LogP contribution in [0, 0.1) is 0 Å². The fourth-order valence-electron chi connectivity index (χ4n) is 1.29. The summed E-state index contributed by atoms with van der Waals surface area (Å²) in [6.07, 6.45) is 2.74. The molecule has 2 nitrogen and oxygen atoms in total. The molecule has 0 aromatic rings. The minimum Gasteiger partial charge on any atom is -0.414 e. The van der Waals surface area contributed by atoms with Crippen LogP contribution in [0.3, 0.4) is 0 Å². The topological polar surface area (TPSA) is 18.5 Å². The third-order valence-electron chi connectivity index (χ3n) is 3.46. The predicted octanol–water partition coefficient (Wildman–Crippen LogP) is 3.19. The molecule has 84 valence electrons. The smallest absolute Gasteiger partial charge is 0.192 e. The summed E-state index contributed by atoms with van der Waals surface area (Å²) in [4.78, 5) is 0. The highest BCUT2D eigenvalue weighted by molar-refractivity contribution is 6.74. The lowest BCUT2D eigenvalue weighted by Gasteiger charge is -2.36. The highest BCUT2D eigenvalue weighted by Crippen LogP contribution is 2.36. The van der Waals surface area contributed by atoms with Gasteiger partial charge in [0.05, 0.1) is 12.7 Å². The minimum absolute atomic E-state index is 0.311. The third-order valence-corrected chi connectivity index (χ3v) is 7.96. The average molecular weight is 216 g/mol. The van der Waals surface area contributed by atoms with Crippen LogP contribution in [-0.4, -0.2) is 27.6 Å². The van der Waals surface area contributed by atoms with Crippen LogP contribution >= 0.6 is 0 Å². The summed E-state index contributed by atoms with van der Waals surface area (Å²) in [7, 11) is -1.55. The Labute approximate surface area is 89.1 Å². The molecule has 1 aliphatic rings. The van der Waals surface area contributed by atoms with Crippen molar-refractivity contribution in [3.8, 4) is 0 Å². The molecule has 14 heavy (non-hydrogen) atoms. The highest BCUT2D eigenvalue weighted by atomic mass is 28.4. The molecule has 0 N–H and O–H groups in total. The lowest BCUT2D eigenvalue weighted by Crippen LogP contribution is -2.42. The highest BCUT2D eigenvalue weighted by Gasteiger charge is 2.37. The van der Waals surface area contributed by atoms with Gasteiger partial charge < -0.3 is 9.16 Å². The third kappa shape index (κ3) is 3.07. The van der Waals surface area contributed by atoms with Gasteiger partial charge in [0, 0.05) is 6.61 Å². The molecule has 1 atom stereocenters. The molecule has 1 saturated heterocycles. The first-order valence-electron chi connectivity index (χ1n) is 5.58. The van der Waals surface area contributed by atoms with Crippen molar-refractivity contribution in [2.24, 2.45) is 0 Å². The molecular weight excluding hydrogens is 192 g/mol. The van der Waals surface area contributed by atoms with Crippen molar-refractivity contribution in [2.45, 2.75) is 57.8 Å². The zero-order valence-corrected chi connectivity index (χ0v) is 11.2. The summed E-state index contributed by atoms with van der Waals surface area (Å²) in [6, 6.07) is 0. The van der Waals surface area contributed by atoms with E-state index in [2.05, 4.69) is 33.9 Å². The van der Waals surface area contributed by atoms with Crippen LogP contribution in [0.15, 0.2) is 0 Å². The number of rotatable bonds is 3. The molecule has 1 fully saturated rings. The molecule has 0 radical (unpaired) electrons. The van der Waals surface area contributed by atoms with Gasteiger partial charge in [-0.1, -0.05) is 20.8 Å². The van der Waals surface area contributed by atoms with E-state index in [9.17, 15) is 0 Å². The summed E-state index contributed by atoms with van der Waals surface area (Å²) in [5, 5.41) is 0.311. The average Bonchev–Trinajstić information content (AvgIpc) is 2.50. The summed E-state index contributed by atoms with van der Waals surface area (Å²) in [6.45, 7) is 13.1. The predicted molar refractivity (Wildman–Crippen MR) is 62.1 cm³/mol. The van der Waals surface area contributed by atoms with Gasteiger partial charge >= 0.3 is 0 Å². The quantitative estimate of drug-likeness (QED) is 0.675. The zero-order valence-electron chi connectivity index (χ0n) is 10.2. The normalized spacial score (nSPS) is 24.2. The van der Waals surface area contributed by atoms with E-state index >= 15 is 0 Å². The van der Waals surface area contributed by atoms with Crippen molar-refractivity contribution in [2.75, 3.05) is 13.2 Å². The zero-order chi connectivity index (χ0) is 10.8. The second-order valence-electron chi connectivity index (χ2n) is 5.71. The largest absolute Gasteiger partial charge is 0.414 e. The lowest BCUT2D eigenvalue weighted by atomic mass is 10.2. The first-order valence-corrected chi connectivity index (χ1v) is 8.49. The molecule has 0 aromatic heterocycles. The van der Waals surface area contributed by atoms with E-state index in [0.717, 1.165) is 13.2 Å². The summed E-state index contributed by atoms with van der Waals surface area (Å²) >= 11 is 0. The van der Waals surface area contributed by atoms with Crippen LogP contribution in [0.5, 0.6) is 0 Å². The van der Waals surface area contributed by atoms with Crippen LogP contribution in [0.4, 0.5) is 0 Å². The van der Waals surface area contributed by atoms with Gasteiger partial charge in [-0.15, -0.1) is 0 Å². The number of ether oxygens (including phenoxy) is 1. The molecule has 0 saturated carbocycles. The van der Waals surface area contributed by atoms with E-state index in [0.29, 0.717) is 11.1 Å². The van der Waals surface area contributed by atoms with Crippen molar-refractivity contribution < 1.29 is 9.16 Å². The lowest BCUT2D eigenvalue weighted by molar-refractivity contribution is 0.0630. The van der Waals surface area contributed by atoms with Crippen LogP contribution in [0.2, 0.25) is 18.1 Å². The molecule has 0 spiro atoms. The van der Waals surface area contributed by atoms with Crippen LogP contribution < -0.4 is 0 Å². The Kier molecular flexibility index (Phi) is 3.78. The molecule has 1 aliphatic heterocycles. The molecule has 0 amide bonds. The van der Waals surface area contributed by atoms with E-state index in [1.807, 2.05) is 0 Å². The second kappa shape index (κ2) is 4.33. The number of hydrogen-bond donors (Lipinski definition) is 0. The monoisotopic (exact) mass is 216 g/mol. The SMILES string of the molecule is CC(C)(C)[Si](C)(C)OCC1CCCO1. The first kappa shape index (κ1) is 12.2. The maximum Gasteiger partial charge on any atom is 0.192 e. The molecule has 1 unspecified atom stereocenters. The summed E-state index contributed by atoms with van der Waals surface area (Å²) in [5.74, 6) is 0. The van der Waals surface area contributed by atoms with Gasteiger partial charge in [0.15, 0.2) is 8.32 Å². The van der Waals surface area contributed by atoms with Gasteiger partial charge in [0.2, 0.25) is 0 Å². The Morgan fingerprint density at radius 2 is 2.00 bits per heavy atom. The molecule has 3 heteroatoms. The van der Waals surface area contributed by atoms with Crippen molar-refractivity contribution in [1.82, 2.24) is 0 Å². The summed E-state index contributed by atoms with van der Waals surface area (Å²) < 4.78 is 11.6. The van der Waals surface area contributed by atoms with Crippen molar-refractivity contribution >= 4 is 8.32 Å². The van der Waals surface area contributed by atoms with Gasteiger partial charge in [0.1, 0.15) is 0 Å². The Hall–Kier alpha value is 0.137. The molecular formula is C11H24O2Si. The summed E-state index contributed by atoms with van der Waals surface area (Å²) in [5.41, 5.74) is 0. The van der Waals surface area contributed by atoms with Gasteiger partial charge in [-0.25, -0.2) is 0 Å². The van der Waals surface area contributed by atoms with Crippen molar-refractivity contribution in [3.05, 3.63) is 0 Å². The Morgan fingerprint density at radius 3 is 2.43 bits per heavy atom. The van der Waals surface area contributed by atoms with Crippen molar-refractivity contribution in [3.63, 3.8) is 0 Å². The van der Waals surface area contributed by atoms with Crippen LogP contribution in [-0.2, 0) is 9.16 Å². The molecule has 1 heterocycles. The van der Waals surface area contributed by atoms with E-state index in [1.165, 1.54) is 12.8 Å². The second-order valence-corrected chi connectivity index (χ2v) is 10.5. The fourth-order valence-corrected chi connectivity index (χ4v) is 2.33. The fraction of sp³-hybridized carbons (Fsp3) is 1.00. The van der Waals surface area contributed by atoms with Gasteiger partial charge in [-0.3, -0.25) is 0 Å². The van der Waals surface area contributed by atoms with Gasteiger partial charge in [-0.2, -0.15) is 0 Å². The Bertz CT molecular complexity index is 178. The van der Waals surface area contributed by atoms with E-state index in [-0.39, 0.29) is 0 Å². The molecule has 0 bridgehead atoms. The Morgan fingerprint density at radius 1 is 1.36 bits per heavy atom. The molecule has 0 aliphatic carbocycles. The minimum atomic E-state index is -1.55. The van der Waals surface area contributed by atoms with E-state index < -0.39 is 8.32 Å².